The summed E-state index contributed by atoms with van der Waals surface area (Å²) in [6, 6.07) is 1.19. The normalized spacial score (nSPS) is 14.2. The van der Waals surface area contributed by atoms with Crippen LogP contribution in [0.5, 0.6) is 0 Å². The zero-order valence-electron chi connectivity index (χ0n) is 13.1. The van der Waals surface area contributed by atoms with E-state index in [0.29, 0.717) is 6.10 Å². The van der Waals surface area contributed by atoms with Crippen molar-refractivity contribution in [1.82, 2.24) is 0 Å². The van der Waals surface area contributed by atoms with Crippen molar-refractivity contribution < 1.29 is 4.43 Å². The molecule has 3 heteroatoms. The maximum atomic E-state index is 6.41. The Morgan fingerprint density at radius 1 is 1.00 bits per heavy atom. The minimum atomic E-state index is -1.49. The molecule has 1 nitrogen and oxygen atoms in total. The van der Waals surface area contributed by atoms with Crippen LogP contribution in [-0.4, -0.2) is 20.3 Å². The van der Waals surface area contributed by atoms with Gasteiger partial charge in [0.05, 0.1) is 0 Å². The van der Waals surface area contributed by atoms with Gasteiger partial charge in [-0.3, -0.25) is 0 Å². The van der Waals surface area contributed by atoms with Gasteiger partial charge in [0.25, 0.3) is 0 Å². The summed E-state index contributed by atoms with van der Waals surface area (Å²) in [6.07, 6.45) is 7.90. The molecule has 0 heterocycles. The Balaban J connectivity index is 4.08. The zero-order valence-corrected chi connectivity index (χ0v) is 14.9. The monoisotopic (exact) mass is 292 g/mol. The lowest BCUT2D eigenvalue weighted by molar-refractivity contribution is 0.164. The lowest BCUT2D eigenvalue weighted by atomic mass is 9.95. The van der Waals surface area contributed by atoms with Gasteiger partial charge in [-0.05, 0) is 50.7 Å². The molecule has 0 radical (unpaired) electrons. The largest absolute Gasteiger partial charge is 0.414 e. The summed E-state index contributed by atoms with van der Waals surface area (Å²) < 4.78 is 6.41. The molecule has 0 aromatic rings. The second-order valence-corrected chi connectivity index (χ2v) is 10.6. The second kappa shape index (κ2) is 10.3. The van der Waals surface area contributed by atoms with E-state index in [-0.39, 0.29) is 0 Å². The van der Waals surface area contributed by atoms with E-state index in [1.807, 2.05) is 0 Å². The molecule has 0 fully saturated rings. The summed E-state index contributed by atoms with van der Waals surface area (Å²) in [5.41, 5.74) is 0. The summed E-state index contributed by atoms with van der Waals surface area (Å²) in [6.45, 7) is 11.5. The molecule has 0 saturated heterocycles. The van der Waals surface area contributed by atoms with Crippen LogP contribution in [-0.2, 0) is 4.43 Å². The van der Waals surface area contributed by atoms with E-state index in [1.165, 1.54) is 31.7 Å². The SMILES string of the molecule is CCC(CC)CCC(CC)O[Si](C)(C)CCCCl. The average molecular weight is 293 g/mol. The smallest absolute Gasteiger partial charge is 0.187 e. The van der Waals surface area contributed by atoms with Crippen LogP contribution in [0.25, 0.3) is 0 Å². The van der Waals surface area contributed by atoms with E-state index in [4.69, 9.17) is 16.0 Å². The summed E-state index contributed by atoms with van der Waals surface area (Å²) in [4.78, 5) is 0. The molecule has 0 aromatic carbocycles. The van der Waals surface area contributed by atoms with Gasteiger partial charge in [-0.15, -0.1) is 11.6 Å². The predicted octanol–water partition coefficient (Wildman–Crippen LogP) is 5.83. The highest BCUT2D eigenvalue weighted by Crippen LogP contribution is 2.23. The average Bonchev–Trinajstić information content (AvgIpc) is 2.36. The third-order valence-corrected chi connectivity index (χ3v) is 6.70. The molecule has 1 atom stereocenters. The third-order valence-electron chi connectivity index (χ3n) is 3.91. The summed E-state index contributed by atoms with van der Waals surface area (Å²) in [5, 5.41) is 0. The molecule has 110 valence electrons. The lowest BCUT2D eigenvalue weighted by Gasteiger charge is -2.29. The standard InChI is InChI=1S/C15H33ClOSi/c1-6-14(7-2)10-11-15(8-3)17-18(4,5)13-9-12-16/h14-15H,6-13H2,1-5H3. The van der Waals surface area contributed by atoms with E-state index in [1.54, 1.807) is 0 Å². The third kappa shape index (κ3) is 8.55. The van der Waals surface area contributed by atoms with Crippen LogP contribution in [0.3, 0.4) is 0 Å². The van der Waals surface area contributed by atoms with E-state index >= 15 is 0 Å². The van der Waals surface area contributed by atoms with E-state index in [9.17, 15) is 0 Å². The number of rotatable bonds is 11. The van der Waals surface area contributed by atoms with Crippen molar-refractivity contribution in [2.45, 2.75) is 84.5 Å². The number of hydrogen-bond donors (Lipinski definition) is 0. The van der Waals surface area contributed by atoms with Gasteiger partial charge in [-0.25, -0.2) is 0 Å². The summed E-state index contributed by atoms with van der Waals surface area (Å²) >= 11 is 5.78. The molecule has 1 unspecified atom stereocenters. The quantitative estimate of drug-likeness (QED) is 0.344. The molecule has 18 heavy (non-hydrogen) atoms. The Hall–Kier alpha value is 0.467. The first-order valence-electron chi connectivity index (χ1n) is 7.72. The van der Waals surface area contributed by atoms with Gasteiger partial charge in [0.1, 0.15) is 0 Å². The molecule has 0 amide bonds. The van der Waals surface area contributed by atoms with Crippen LogP contribution >= 0.6 is 11.6 Å². The molecular formula is C15H33ClOSi. The van der Waals surface area contributed by atoms with Gasteiger partial charge in [-0.2, -0.15) is 0 Å². The van der Waals surface area contributed by atoms with Crippen LogP contribution in [0, 0.1) is 5.92 Å². The first kappa shape index (κ1) is 18.5. The van der Waals surface area contributed by atoms with Crippen molar-refractivity contribution in [3.8, 4) is 0 Å². The van der Waals surface area contributed by atoms with Crippen LogP contribution in [0.15, 0.2) is 0 Å². The van der Waals surface area contributed by atoms with Crippen molar-refractivity contribution in [1.29, 1.82) is 0 Å². The molecule has 0 rings (SSSR count). The highest BCUT2D eigenvalue weighted by Gasteiger charge is 2.25. The predicted molar refractivity (Wildman–Crippen MR) is 86.1 cm³/mol. The Kier molecular flexibility index (Phi) is 10.5. The van der Waals surface area contributed by atoms with Gasteiger partial charge in [-0.1, -0.05) is 33.6 Å². The number of alkyl halides is 1. The van der Waals surface area contributed by atoms with E-state index in [2.05, 4.69) is 33.9 Å². The lowest BCUT2D eigenvalue weighted by Crippen LogP contribution is -2.35. The van der Waals surface area contributed by atoms with Crippen LogP contribution in [0.4, 0.5) is 0 Å². The Bertz CT molecular complexity index is 193. The molecule has 0 bridgehead atoms. The number of halogens is 1. The maximum Gasteiger partial charge on any atom is 0.187 e. The van der Waals surface area contributed by atoms with Gasteiger partial charge in [0.2, 0.25) is 0 Å². The second-order valence-electron chi connectivity index (χ2n) is 5.96. The first-order chi connectivity index (χ1) is 8.49. The Morgan fingerprint density at radius 2 is 1.61 bits per heavy atom. The van der Waals surface area contributed by atoms with Crippen molar-refractivity contribution in [3.63, 3.8) is 0 Å². The number of hydrogen-bond acceptors (Lipinski definition) is 1. The fraction of sp³-hybridized carbons (Fsp3) is 1.00. The maximum absolute atomic E-state index is 6.41. The first-order valence-corrected chi connectivity index (χ1v) is 11.4. The van der Waals surface area contributed by atoms with Gasteiger partial charge < -0.3 is 4.43 Å². The van der Waals surface area contributed by atoms with Crippen LogP contribution in [0.2, 0.25) is 19.1 Å². The van der Waals surface area contributed by atoms with Gasteiger partial charge in [0.15, 0.2) is 8.32 Å². The Labute approximate surface area is 121 Å². The summed E-state index contributed by atoms with van der Waals surface area (Å²) in [7, 11) is -1.49. The molecule has 0 aliphatic heterocycles. The van der Waals surface area contributed by atoms with Crippen molar-refractivity contribution in [2.24, 2.45) is 5.92 Å². The summed E-state index contributed by atoms with van der Waals surface area (Å²) in [5.74, 6) is 1.65. The van der Waals surface area contributed by atoms with Crippen molar-refractivity contribution in [3.05, 3.63) is 0 Å². The minimum Gasteiger partial charge on any atom is -0.414 e. The van der Waals surface area contributed by atoms with Crippen molar-refractivity contribution >= 4 is 19.9 Å². The topological polar surface area (TPSA) is 9.23 Å². The van der Waals surface area contributed by atoms with E-state index in [0.717, 1.165) is 24.6 Å². The molecule has 0 aliphatic rings. The van der Waals surface area contributed by atoms with Gasteiger partial charge in [0, 0.05) is 12.0 Å². The molecule has 0 saturated carbocycles. The molecule has 0 N–H and O–H groups in total. The highest BCUT2D eigenvalue weighted by molar-refractivity contribution is 6.71. The highest BCUT2D eigenvalue weighted by atomic mass is 35.5. The molecule has 0 aromatic heterocycles. The molecule has 0 spiro atoms. The zero-order chi connectivity index (χ0) is 14.0. The fourth-order valence-corrected chi connectivity index (χ4v) is 5.16. The minimum absolute atomic E-state index is 0.475. The molecular weight excluding hydrogens is 260 g/mol. The fourth-order valence-electron chi connectivity index (χ4n) is 2.47. The molecule has 0 aliphatic carbocycles. The van der Waals surface area contributed by atoms with Crippen molar-refractivity contribution in [2.75, 3.05) is 5.88 Å². The van der Waals surface area contributed by atoms with Crippen LogP contribution in [0.1, 0.15) is 59.3 Å². The Morgan fingerprint density at radius 3 is 2.06 bits per heavy atom. The van der Waals surface area contributed by atoms with Crippen LogP contribution < -0.4 is 0 Å². The van der Waals surface area contributed by atoms with E-state index < -0.39 is 8.32 Å². The van der Waals surface area contributed by atoms with Gasteiger partial charge >= 0.3 is 0 Å².